The lowest BCUT2D eigenvalue weighted by atomic mass is 9.95. The third-order valence-electron chi connectivity index (χ3n) is 11.0. The predicted octanol–water partition coefficient (Wildman–Crippen LogP) is 4.92. The molecule has 4 aliphatic rings. The van der Waals surface area contributed by atoms with E-state index in [9.17, 15) is 9.90 Å². The number of rotatable bonds is 8. The molecule has 2 aromatic heterocycles. The molecule has 0 radical (unpaired) electrons. The summed E-state index contributed by atoms with van der Waals surface area (Å²) in [6.45, 7) is 5.16. The summed E-state index contributed by atoms with van der Waals surface area (Å²) in [6, 6.07) is 10.1. The molecule has 2 bridgehead atoms. The molecule has 4 fully saturated rings. The van der Waals surface area contributed by atoms with Crippen molar-refractivity contribution in [3.8, 4) is 23.0 Å². The summed E-state index contributed by atoms with van der Waals surface area (Å²) >= 11 is 0. The number of nitrogens with zero attached hydrogens (tertiary/aromatic N) is 5. The number of phenols is 1. The average Bonchev–Trinajstić information content (AvgIpc) is 3.78. The molecular formula is C36H42FN7O4. The van der Waals surface area contributed by atoms with Crippen molar-refractivity contribution >= 4 is 33.6 Å². The van der Waals surface area contributed by atoms with E-state index in [-0.39, 0.29) is 34.6 Å². The van der Waals surface area contributed by atoms with Crippen molar-refractivity contribution in [2.75, 3.05) is 44.8 Å². The number of carbonyl (C=O) groups is 1. The minimum Gasteiger partial charge on any atom is -0.508 e. The standard InChI is InChI=1S/C36H42FN7O4/c1-3-21-6-4-7-22-14-26(45)15-27(29(21)22)31-30(37)32-28(16-39-31)33(43-17-23-8-9-24(18-43)40-23)42-34(41-32)48-20-36-11-5-13-44(36)25(10-12-36)19-47-35(46)38-2/h4,6-7,14-16,23-25,40,45H,3,5,8-13,17-20H2,1-2H3,(H,38,46)/t23-,24+,25-,36-/m1/s1. The average molecular weight is 656 g/mol. The van der Waals surface area contributed by atoms with Crippen molar-refractivity contribution in [1.29, 1.82) is 0 Å². The predicted molar refractivity (Wildman–Crippen MR) is 181 cm³/mol. The zero-order valence-corrected chi connectivity index (χ0v) is 27.5. The van der Waals surface area contributed by atoms with E-state index in [2.05, 4.69) is 32.3 Å². The van der Waals surface area contributed by atoms with Gasteiger partial charge in [-0.2, -0.15) is 9.97 Å². The van der Waals surface area contributed by atoms with E-state index in [1.807, 2.05) is 18.2 Å². The van der Waals surface area contributed by atoms with Crippen LogP contribution < -0.4 is 20.3 Å². The first-order valence-electron chi connectivity index (χ1n) is 17.2. The number of hydrogen-bond acceptors (Lipinski definition) is 10. The molecule has 1 amide bonds. The van der Waals surface area contributed by atoms with Gasteiger partial charge in [0.25, 0.3) is 0 Å². The van der Waals surface area contributed by atoms with E-state index in [1.165, 1.54) is 0 Å². The molecule has 8 rings (SSSR count). The molecule has 0 saturated carbocycles. The largest absolute Gasteiger partial charge is 0.508 e. The summed E-state index contributed by atoms with van der Waals surface area (Å²) in [7, 11) is 1.56. The summed E-state index contributed by atoms with van der Waals surface area (Å²) in [5, 5.41) is 19.1. The van der Waals surface area contributed by atoms with Crippen molar-refractivity contribution in [2.24, 2.45) is 0 Å². The van der Waals surface area contributed by atoms with Crippen LogP contribution >= 0.6 is 0 Å². The molecular weight excluding hydrogens is 613 g/mol. The van der Waals surface area contributed by atoms with Gasteiger partial charge in [0.15, 0.2) is 5.82 Å². The Kier molecular flexibility index (Phi) is 7.95. The van der Waals surface area contributed by atoms with Crippen LogP contribution in [0.1, 0.15) is 51.0 Å². The number of benzene rings is 2. The zero-order valence-electron chi connectivity index (χ0n) is 27.5. The van der Waals surface area contributed by atoms with E-state index in [0.717, 1.165) is 80.9 Å². The van der Waals surface area contributed by atoms with Crippen LogP contribution in [0.2, 0.25) is 0 Å². The fraction of sp³-hybridized carbons (Fsp3) is 0.500. The number of alkyl carbamates (subject to hydrolysis) is 1. The maximum Gasteiger partial charge on any atom is 0.406 e. The molecule has 2 aromatic carbocycles. The molecule has 12 heteroatoms. The molecule has 0 aliphatic carbocycles. The lowest BCUT2D eigenvalue weighted by Gasteiger charge is -2.35. The molecule has 4 aliphatic heterocycles. The molecule has 252 valence electrons. The molecule has 0 unspecified atom stereocenters. The van der Waals surface area contributed by atoms with E-state index >= 15 is 4.39 Å². The summed E-state index contributed by atoms with van der Waals surface area (Å²) in [4.78, 5) is 30.7. The Morgan fingerprint density at radius 2 is 2.00 bits per heavy atom. The van der Waals surface area contributed by atoms with Crippen molar-refractivity contribution in [2.45, 2.75) is 75.5 Å². The highest BCUT2D eigenvalue weighted by Crippen LogP contribution is 2.43. The minimum absolute atomic E-state index is 0.0479. The number of carbonyl (C=O) groups excluding carboxylic acids is 1. The van der Waals surface area contributed by atoms with E-state index in [4.69, 9.17) is 19.4 Å². The number of aromatic hydroxyl groups is 1. The number of nitrogens with one attached hydrogen (secondary N) is 2. The van der Waals surface area contributed by atoms with E-state index in [0.29, 0.717) is 42.1 Å². The second-order valence-corrected chi connectivity index (χ2v) is 13.8. The lowest BCUT2D eigenvalue weighted by Crippen LogP contribution is -2.51. The highest BCUT2D eigenvalue weighted by Gasteiger charge is 2.50. The van der Waals surface area contributed by atoms with Crippen LogP contribution in [0.3, 0.4) is 0 Å². The Morgan fingerprint density at radius 1 is 1.17 bits per heavy atom. The van der Waals surface area contributed by atoms with Crippen LogP contribution in [0.25, 0.3) is 32.9 Å². The summed E-state index contributed by atoms with van der Waals surface area (Å²) in [6.07, 6.45) is 7.96. The van der Waals surface area contributed by atoms with Gasteiger partial charge in [-0.1, -0.05) is 25.1 Å². The van der Waals surface area contributed by atoms with E-state index in [1.54, 1.807) is 25.4 Å². The first-order chi connectivity index (χ1) is 23.4. The number of piperazine rings is 1. The Labute approximate surface area is 278 Å². The molecule has 0 spiro atoms. The van der Waals surface area contributed by atoms with Crippen LogP contribution in [0.4, 0.5) is 15.0 Å². The molecule has 3 N–H and O–H groups in total. The number of fused-ring (bicyclic) bond motifs is 5. The van der Waals surface area contributed by atoms with Crippen LogP contribution in [0.5, 0.6) is 11.8 Å². The monoisotopic (exact) mass is 655 g/mol. The summed E-state index contributed by atoms with van der Waals surface area (Å²) in [5.74, 6) is 0.113. The van der Waals surface area contributed by atoms with Crippen LogP contribution in [0.15, 0.2) is 36.5 Å². The van der Waals surface area contributed by atoms with E-state index < -0.39 is 11.9 Å². The number of aromatic nitrogens is 3. The van der Waals surface area contributed by atoms with Crippen molar-refractivity contribution in [3.05, 3.63) is 47.9 Å². The Morgan fingerprint density at radius 3 is 2.79 bits per heavy atom. The van der Waals surface area contributed by atoms with Gasteiger partial charge in [-0.05, 0) is 80.0 Å². The fourth-order valence-corrected chi connectivity index (χ4v) is 8.69. The van der Waals surface area contributed by atoms with Crippen LogP contribution in [-0.4, -0.2) is 94.6 Å². The molecule has 4 aromatic rings. The van der Waals surface area contributed by atoms with Crippen molar-refractivity contribution in [3.63, 3.8) is 0 Å². The van der Waals surface area contributed by atoms with Gasteiger partial charge in [0.1, 0.15) is 36.0 Å². The summed E-state index contributed by atoms with van der Waals surface area (Å²) < 4.78 is 28.8. The van der Waals surface area contributed by atoms with Crippen molar-refractivity contribution < 1.29 is 23.8 Å². The fourth-order valence-electron chi connectivity index (χ4n) is 8.69. The summed E-state index contributed by atoms with van der Waals surface area (Å²) in [5.41, 5.74) is 1.64. The van der Waals surface area contributed by atoms with Gasteiger partial charge in [0.05, 0.1) is 10.9 Å². The number of amides is 1. The van der Waals surface area contributed by atoms with Crippen molar-refractivity contribution in [1.82, 2.24) is 30.5 Å². The number of hydrogen-bond donors (Lipinski definition) is 3. The Balaban J connectivity index is 1.19. The highest BCUT2D eigenvalue weighted by atomic mass is 19.1. The molecule has 11 nitrogen and oxygen atoms in total. The number of ether oxygens (including phenoxy) is 2. The molecule has 4 atom stereocenters. The number of aryl methyl sites for hydroxylation is 1. The first kappa shape index (κ1) is 31.0. The first-order valence-corrected chi connectivity index (χ1v) is 17.2. The third-order valence-corrected chi connectivity index (χ3v) is 11.0. The molecule has 4 saturated heterocycles. The zero-order chi connectivity index (χ0) is 33.0. The van der Waals surface area contributed by atoms with Crippen LogP contribution in [0, 0.1) is 5.82 Å². The minimum atomic E-state index is -0.565. The number of anilines is 1. The SMILES string of the molecule is CCc1cccc2cc(O)cc(-c3ncc4c(N5C[C@H]6CC[C@@H](C5)N6)nc(OC[C@]56CCCN5[C@@H](COC(=O)NC)CC6)nc4c3F)c12. The lowest BCUT2D eigenvalue weighted by molar-refractivity contribution is 0.0556. The number of phenolic OH excluding ortho intramolecular Hbond substituents is 1. The van der Waals surface area contributed by atoms with Gasteiger partial charge < -0.3 is 30.1 Å². The second kappa shape index (κ2) is 12.3. The number of halogens is 1. The van der Waals surface area contributed by atoms with Gasteiger partial charge in [-0.3, -0.25) is 9.88 Å². The van der Waals surface area contributed by atoms with Gasteiger partial charge in [-0.15, -0.1) is 0 Å². The van der Waals surface area contributed by atoms with Crippen LogP contribution in [-0.2, 0) is 11.2 Å². The maximum absolute atomic E-state index is 17.0. The number of pyridine rings is 1. The molecule has 6 heterocycles. The highest BCUT2D eigenvalue weighted by molar-refractivity contribution is 6.01. The maximum atomic E-state index is 17.0. The Hall–Kier alpha value is -4.29. The normalized spacial score (nSPS) is 25.1. The molecule has 48 heavy (non-hydrogen) atoms. The van der Waals surface area contributed by atoms with Gasteiger partial charge in [0.2, 0.25) is 0 Å². The van der Waals surface area contributed by atoms with Gasteiger partial charge in [0, 0.05) is 50.0 Å². The van der Waals surface area contributed by atoms with Gasteiger partial charge in [-0.25, -0.2) is 9.18 Å². The smallest absolute Gasteiger partial charge is 0.406 e. The topological polar surface area (TPSA) is 125 Å². The second-order valence-electron chi connectivity index (χ2n) is 13.8. The Bertz CT molecular complexity index is 1880. The third kappa shape index (κ3) is 5.35. The van der Waals surface area contributed by atoms with Gasteiger partial charge >= 0.3 is 12.1 Å². The quantitative estimate of drug-likeness (QED) is 0.241.